The lowest BCUT2D eigenvalue weighted by Gasteiger charge is -2.36. The fourth-order valence-electron chi connectivity index (χ4n) is 4.47. The van der Waals surface area contributed by atoms with Crippen LogP contribution in [-0.4, -0.2) is 35.2 Å². The highest BCUT2D eigenvalue weighted by Crippen LogP contribution is 2.27. The molecule has 1 heterocycles. The Balaban J connectivity index is 1.47. The number of amides is 1. The van der Waals surface area contributed by atoms with Gasteiger partial charge in [0.15, 0.2) is 0 Å². The number of rotatable bonds is 9. The van der Waals surface area contributed by atoms with Crippen molar-refractivity contribution in [2.24, 2.45) is 0 Å². The number of aliphatic hydroxyl groups excluding tert-OH is 1. The third-order valence-corrected chi connectivity index (χ3v) is 6.28. The molecule has 4 rings (SSSR count). The second-order valence-corrected chi connectivity index (χ2v) is 8.68. The normalized spacial score (nSPS) is 18.3. The molecule has 1 amide bonds. The molecule has 0 unspecified atom stereocenters. The zero-order valence-corrected chi connectivity index (χ0v) is 19.1. The SMILES string of the molecule is COc1cccc(CN(Cc2cccc(C(=O)NCc3ccco3)c2)C2CCC(O)CC2)c1. The average Bonchev–Trinajstić information content (AvgIpc) is 3.37. The second-order valence-electron chi connectivity index (χ2n) is 8.68. The summed E-state index contributed by atoms with van der Waals surface area (Å²) in [4.78, 5) is 15.1. The Hall–Kier alpha value is -3.09. The highest BCUT2D eigenvalue weighted by molar-refractivity contribution is 5.94. The number of furan rings is 1. The summed E-state index contributed by atoms with van der Waals surface area (Å²) < 4.78 is 10.7. The van der Waals surface area contributed by atoms with Gasteiger partial charge in [0.25, 0.3) is 5.91 Å². The molecule has 6 heteroatoms. The van der Waals surface area contributed by atoms with Crippen molar-refractivity contribution < 1.29 is 19.1 Å². The molecule has 1 aliphatic carbocycles. The van der Waals surface area contributed by atoms with E-state index in [0.717, 1.165) is 55.8 Å². The molecule has 0 radical (unpaired) electrons. The van der Waals surface area contributed by atoms with Crippen LogP contribution < -0.4 is 10.1 Å². The maximum Gasteiger partial charge on any atom is 0.251 e. The summed E-state index contributed by atoms with van der Waals surface area (Å²) in [6.45, 7) is 1.88. The summed E-state index contributed by atoms with van der Waals surface area (Å²) in [7, 11) is 1.68. The number of nitrogens with zero attached hydrogens (tertiary/aromatic N) is 1. The van der Waals surface area contributed by atoms with E-state index >= 15 is 0 Å². The molecular weight excluding hydrogens is 416 g/mol. The molecule has 0 spiro atoms. The van der Waals surface area contributed by atoms with Crippen LogP contribution in [-0.2, 0) is 19.6 Å². The van der Waals surface area contributed by atoms with Gasteiger partial charge in [-0.05, 0) is 73.2 Å². The summed E-state index contributed by atoms with van der Waals surface area (Å²) in [5.41, 5.74) is 2.92. The minimum absolute atomic E-state index is 0.117. The lowest BCUT2D eigenvalue weighted by Crippen LogP contribution is -2.38. The molecule has 3 aromatic rings. The van der Waals surface area contributed by atoms with Crippen LogP contribution in [0.4, 0.5) is 0 Å². The van der Waals surface area contributed by atoms with E-state index in [2.05, 4.69) is 28.4 Å². The lowest BCUT2D eigenvalue weighted by molar-refractivity contribution is 0.0665. The first-order valence-electron chi connectivity index (χ1n) is 11.6. The molecule has 2 aromatic carbocycles. The van der Waals surface area contributed by atoms with E-state index < -0.39 is 0 Å². The van der Waals surface area contributed by atoms with Gasteiger partial charge in [-0.25, -0.2) is 0 Å². The number of hydrogen-bond donors (Lipinski definition) is 2. The number of benzene rings is 2. The van der Waals surface area contributed by atoms with E-state index in [1.165, 1.54) is 5.56 Å². The number of carbonyl (C=O) groups excluding carboxylic acids is 1. The van der Waals surface area contributed by atoms with Crippen molar-refractivity contribution in [3.8, 4) is 5.75 Å². The quantitative estimate of drug-likeness (QED) is 0.503. The summed E-state index contributed by atoms with van der Waals surface area (Å²) in [5.74, 6) is 1.46. The van der Waals surface area contributed by atoms with Crippen LogP contribution in [0.15, 0.2) is 71.3 Å². The Labute approximate surface area is 195 Å². The van der Waals surface area contributed by atoms with Gasteiger partial charge in [0.05, 0.1) is 26.0 Å². The van der Waals surface area contributed by atoms with Crippen molar-refractivity contribution >= 4 is 5.91 Å². The molecule has 2 N–H and O–H groups in total. The highest BCUT2D eigenvalue weighted by Gasteiger charge is 2.25. The first-order valence-corrected chi connectivity index (χ1v) is 11.6. The molecule has 6 nitrogen and oxygen atoms in total. The molecule has 0 saturated heterocycles. The van der Waals surface area contributed by atoms with Gasteiger partial charge in [-0.2, -0.15) is 0 Å². The molecule has 0 atom stereocenters. The average molecular weight is 449 g/mol. The molecule has 0 aliphatic heterocycles. The standard InChI is InChI=1S/C27H32N2O4/c1-32-25-8-3-6-21(16-25)19-29(23-10-12-24(30)13-11-23)18-20-5-2-7-22(15-20)27(31)28-17-26-9-4-14-33-26/h2-9,14-16,23-24,30H,10-13,17-19H2,1H3,(H,28,31). The van der Waals surface area contributed by atoms with Gasteiger partial charge in [-0.3, -0.25) is 9.69 Å². The number of aliphatic hydroxyl groups is 1. The van der Waals surface area contributed by atoms with Crippen LogP contribution in [0, 0.1) is 0 Å². The van der Waals surface area contributed by atoms with Crippen LogP contribution >= 0.6 is 0 Å². The summed E-state index contributed by atoms with van der Waals surface area (Å²) >= 11 is 0. The monoisotopic (exact) mass is 448 g/mol. The van der Waals surface area contributed by atoms with Gasteiger partial charge >= 0.3 is 0 Å². The van der Waals surface area contributed by atoms with Crippen LogP contribution in [0.25, 0.3) is 0 Å². The predicted octanol–water partition coefficient (Wildman–Crippen LogP) is 4.52. The Bertz CT molecular complexity index is 1030. The van der Waals surface area contributed by atoms with E-state index in [9.17, 15) is 9.90 Å². The molecule has 1 fully saturated rings. The van der Waals surface area contributed by atoms with Crippen LogP contribution in [0.3, 0.4) is 0 Å². The number of carbonyl (C=O) groups is 1. The molecule has 174 valence electrons. The van der Waals surface area contributed by atoms with Crippen LogP contribution in [0.1, 0.15) is 52.9 Å². The van der Waals surface area contributed by atoms with Gasteiger partial charge < -0.3 is 19.6 Å². The largest absolute Gasteiger partial charge is 0.497 e. The Morgan fingerprint density at radius 2 is 1.76 bits per heavy atom. The predicted molar refractivity (Wildman–Crippen MR) is 127 cm³/mol. The van der Waals surface area contributed by atoms with E-state index in [1.54, 1.807) is 13.4 Å². The Kier molecular flexibility index (Phi) is 7.81. The van der Waals surface area contributed by atoms with Gasteiger partial charge in [0.2, 0.25) is 0 Å². The van der Waals surface area contributed by atoms with Gasteiger partial charge in [-0.15, -0.1) is 0 Å². The number of ether oxygens (including phenoxy) is 1. The van der Waals surface area contributed by atoms with Crippen molar-refractivity contribution in [3.63, 3.8) is 0 Å². The lowest BCUT2D eigenvalue weighted by atomic mass is 9.91. The third-order valence-electron chi connectivity index (χ3n) is 6.28. The Morgan fingerprint density at radius 1 is 1.03 bits per heavy atom. The maximum atomic E-state index is 12.7. The van der Waals surface area contributed by atoms with Crippen LogP contribution in [0.5, 0.6) is 5.75 Å². The Morgan fingerprint density at radius 3 is 2.45 bits per heavy atom. The highest BCUT2D eigenvalue weighted by atomic mass is 16.5. The van der Waals surface area contributed by atoms with Crippen molar-refractivity contribution in [2.45, 2.75) is 57.5 Å². The van der Waals surface area contributed by atoms with Crippen LogP contribution in [0.2, 0.25) is 0 Å². The fourth-order valence-corrected chi connectivity index (χ4v) is 4.47. The van der Waals surface area contributed by atoms with Gasteiger partial charge in [0, 0.05) is 24.7 Å². The van der Waals surface area contributed by atoms with E-state index in [4.69, 9.17) is 9.15 Å². The second kappa shape index (κ2) is 11.2. The topological polar surface area (TPSA) is 74.9 Å². The van der Waals surface area contributed by atoms with E-state index in [1.807, 2.05) is 42.5 Å². The van der Waals surface area contributed by atoms with E-state index in [0.29, 0.717) is 18.2 Å². The molecule has 1 saturated carbocycles. The van der Waals surface area contributed by atoms with Crippen molar-refractivity contribution in [3.05, 3.63) is 89.4 Å². The zero-order chi connectivity index (χ0) is 23.0. The van der Waals surface area contributed by atoms with Gasteiger partial charge in [0.1, 0.15) is 11.5 Å². The summed E-state index contributed by atoms with van der Waals surface area (Å²) in [6.07, 6.45) is 5.00. The van der Waals surface area contributed by atoms with E-state index in [-0.39, 0.29) is 12.0 Å². The summed E-state index contributed by atoms with van der Waals surface area (Å²) in [6, 6.07) is 20.0. The summed E-state index contributed by atoms with van der Waals surface area (Å²) in [5, 5.41) is 12.9. The molecular formula is C27H32N2O4. The smallest absolute Gasteiger partial charge is 0.251 e. The zero-order valence-electron chi connectivity index (χ0n) is 19.1. The first-order chi connectivity index (χ1) is 16.1. The van der Waals surface area contributed by atoms with Crippen molar-refractivity contribution in [2.75, 3.05) is 7.11 Å². The van der Waals surface area contributed by atoms with Crippen molar-refractivity contribution in [1.82, 2.24) is 10.2 Å². The number of nitrogens with one attached hydrogen (secondary N) is 1. The molecule has 33 heavy (non-hydrogen) atoms. The molecule has 1 aliphatic rings. The molecule has 0 bridgehead atoms. The number of hydrogen-bond acceptors (Lipinski definition) is 5. The van der Waals surface area contributed by atoms with Gasteiger partial charge in [-0.1, -0.05) is 24.3 Å². The minimum Gasteiger partial charge on any atom is -0.497 e. The molecule has 1 aromatic heterocycles. The first kappa shape index (κ1) is 23.1. The number of methoxy groups -OCH3 is 1. The third kappa shape index (κ3) is 6.46. The maximum absolute atomic E-state index is 12.7. The minimum atomic E-state index is -0.193. The fraction of sp³-hybridized carbons (Fsp3) is 0.370. The van der Waals surface area contributed by atoms with Crippen molar-refractivity contribution in [1.29, 1.82) is 0 Å².